The molecular formula is C24H32N2O2. The van der Waals surface area contributed by atoms with Gasteiger partial charge in [-0.05, 0) is 48.9 Å². The van der Waals surface area contributed by atoms with Crippen molar-refractivity contribution in [2.24, 2.45) is 0 Å². The summed E-state index contributed by atoms with van der Waals surface area (Å²) >= 11 is 0. The van der Waals surface area contributed by atoms with Crippen LogP contribution in [0.5, 0.6) is 5.75 Å². The van der Waals surface area contributed by atoms with E-state index in [-0.39, 0.29) is 11.9 Å². The number of carbonyl (C=O) groups is 1. The molecule has 150 valence electrons. The van der Waals surface area contributed by atoms with Crippen LogP contribution < -0.4 is 10.1 Å². The first-order valence-electron chi connectivity index (χ1n) is 10.3. The molecule has 1 N–H and O–H groups in total. The maximum atomic E-state index is 12.6. The van der Waals surface area contributed by atoms with Gasteiger partial charge in [0.05, 0.1) is 0 Å². The van der Waals surface area contributed by atoms with Crippen LogP contribution in [-0.4, -0.2) is 36.0 Å². The average molecular weight is 381 g/mol. The zero-order valence-electron chi connectivity index (χ0n) is 17.2. The minimum atomic E-state index is -0.496. The average Bonchev–Trinajstić information content (AvgIpc) is 2.70. The number of piperidine rings is 1. The molecule has 3 rings (SSSR count). The highest BCUT2D eigenvalue weighted by molar-refractivity contribution is 5.81. The van der Waals surface area contributed by atoms with E-state index in [4.69, 9.17) is 4.74 Å². The molecule has 1 fully saturated rings. The molecular weight excluding hydrogens is 348 g/mol. The van der Waals surface area contributed by atoms with Crippen LogP contribution in [0.15, 0.2) is 54.6 Å². The van der Waals surface area contributed by atoms with Crippen molar-refractivity contribution in [2.75, 3.05) is 13.1 Å². The number of carbonyl (C=O) groups excluding carboxylic acids is 1. The van der Waals surface area contributed by atoms with Gasteiger partial charge in [-0.3, -0.25) is 9.69 Å². The molecule has 1 amide bonds. The van der Waals surface area contributed by atoms with E-state index < -0.39 is 6.10 Å². The number of ether oxygens (including phenoxy) is 1. The third kappa shape index (κ3) is 5.83. The first-order valence-corrected chi connectivity index (χ1v) is 10.3. The van der Waals surface area contributed by atoms with Crippen molar-refractivity contribution in [2.45, 2.75) is 58.2 Å². The molecule has 28 heavy (non-hydrogen) atoms. The highest BCUT2D eigenvalue weighted by atomic mass is 16.5. The molecule has 0 saturated carbocycles. The van der Waals surface area contributed by atoms with E-state index in [1.54, 1.807) is 0 Å². The van der Waals surface area contributed by atoms with Gasteiger partial charge in [0, 0.05) is 25.7 Å². The smallest absolute Gasteiger partial charge is 0.260 e. The Labute approximate surface area is 168 Å². The monoisotopic (exact) mass is 380 g/mol. The van der Waals surface area contributed by atoms with E-state index in [1.165, 1.54) is 11.1 Å². The van der Waals surface area contributed by atoms with Crippen molar-refractivity contribution in [1.29, 1.82) is 0 Å². The summed E-state index contributed by atoms with van der Waals surface area (Å²) in [5, 5.41) is 3.17. The Morgan fingerprint density at radius 2 is 1.79 bits per heavy atom. The first kappa shape index (κ1) is 20.4. The molecule has 0 radical (unpaired) electrons. The molecule has 1 saturated heterocycles. The van der Waals surface area contributed by atoms with E-state index in [0.717, 1.165) is 38.2 Å². The Bertz CT molecular complexity index is 752. The fraction of sp³-hybridized carbons (Fsp3) is 0.458. The van der Waals surface area contributed by atoms with Gasteiger partial charge < -0.3 is 10.1 Å². The van der Waals surface area contributed by atoms with Crippen LogP contribution in [0.25, 0.3) is 0 Å². The second-order valence-electron chi connectivity index (χ2n) is 8.03. The van der Waals surface area contributed by atoms with Crippen LogP contribution in [0.4, 0.5) is 0 Å². The standard InChI is InChI=1S/C24H32N2O2/c1-18(2)21-10-7-11-23(16-21)28-19(3)24(27)25-22-12-14-26(15-13-22)17-20-8-5-4-6-9-20/h4-11,16,18-19,22H,12-15,17H2,1-3H3,(H,25,27). The third-order valence-electron chi connectivity index (χ3n) is 5.39. The molecule has 0 aliphatic carbocycles. The van der Waals surface area contributed by atoms with Gasteiger partial charge in [-0.1, -0.05) is 56.3 Å². The predicted molar refractivity (Wildman–Crippen MR) is 114 cm³/mol. The second-order valence-corrected chi connectivity index (χ2v) is 8.03. The van der Waals surface area contributed by atoms with Crippen molar-refractivity contribution in [3.63, 3.8) is 0 Å². The van der Waals surface area contributed by atoms with Gasteiger partial charge in [-0.15, -0.1) is 0 Å². The molecule has 1 heterocycles. The number of amides is 1. The Kier molecular flexibility index (Phi) is 7.10. The van der Waals surface area contributed by atoms with E-state index in [2.05, 4.69) is 54.4 Å². The lowest BCUT2D eigenvalue weighted by Gasteiger charge is -2.32. The van der Waals surface area contributed by atoms with Gasteiger partial charge >= 0.3 is 0 Å². The van der Waals surface area contributed by atoms with Crippen LogP contribution in [0, 0.1) is 0 Å². The summed E-state index contributed by atoms with van der Waals surface area (Å²) in [6.07, 6.45) is 1.46. The summed E-state index contributed by atoms with van der Waals surface area (Å²) in [5.74, 6) is 1.16. The molecule has 4 heteroatoms. The SMILES string of the molecule is CC(Oc1cccc(C(C)C)c1)C(=O)NC1CCN(Cc2ccccc2)CC1. The summed E-state index contributed by atoms with van der Waals surface area (Å²) in [4.78, 5) is 15.0. The van der Waals surface area contributed by atoms with E-state index in [9.17, 15) is 4.79 Å². The van der Waals surface area contributed by atoms with Crippen LogP contribution in [0.3, 0.4) is 0 Å². The number of likely N-dealkylation sites (tertiary alicyclic amines) is 1. The summed E-state index contributed by atoms with van der Waals surface area (Å²) < 4.78 is 5.89. The van der Waals surface area contributed by atoms with Gasteiger partial charge in [0.1, 0.15) is 5.75 Å². The van der Waals surface area contributed by atoms with Crippen LogP contribution >= 0.6 is 0 Å². The van der Waals surface area contributed by atoms with Gasteiger partial charge in [0.25, 0.3) is 5.91 Å². The van der Waals surface area contributed by atoms with Crippen molar-refractivity contribution in [3.8, 4) is 5.75 Å². The Balaban J connectivity index is 1.44. The largest absolute Gasteiger partial charge is 0.481 e. The lowest BCUT2D eigenvalue weighted by atomic mass is 10.0. The van der Waals surface area contributed by atoms with Gasteiger partial charge in [-0.2, -0.15) is 0 Å². The highest BCUT2D eigenvalue weighted by Crippen LogP contribution is 2.21. The van der Waals surface area contributed by atoms with E-state index in [0.29, 0.717) is 5.92 Å². The molecule has 0 bridgehead atoms. The van der Waals surface area contributed by atoms with Gasteiger partial charge in [-0.25, -0.2) is 0 Å². The zero-order chi connectivity index (χ0) is 19.9. The summed E-state index contributed by atoms with van der Waals surface area (Å²) in [7, 11) is 0. The molecule has 1 atom stereocenters. The van der Waals surface area contributed by atoms with Crippen LogP contribution in [0.2, 0.25) is 0 Å². The predicted octanol–water partition coefficient (Wildman–Crippen LogP) is 4.36. The van der Waals surface area contributed by atoms with E-state index in [1.807, 2.05) is 31.2 Å². The number of rotatable bonds is 7. The van der Waals surface area contributed by atoms with Crippen molar-refractivity contribution in [3.05, 3.63) is 65.7 Å². The molecule has 1 aliphatic heterocycles. The third-order valence-corrected chi connectivity index (χ3v) is 5.39. The van der Waals surface area contributed by atoms with Crippen LogP contribution in [0.1, 0.15) is 50.7 Å². The van der Waals surface area contributed by atoms with Crippen molar-refractivity contribution >= 4 is 5.91 Å². The van der Waals surface area contributed by atoms with Gasteiger partial charge in [0.15, 0.2) is 6.10 Å². The maximum Gasteiger partial charge on any atom is 0.260 e. The fourth-order valence-corrected chi connectivity index (χ4v) is 3.60. The molecule has 1 aliphatic rings. The molecule has 4 nitrogen and oxygen atoms in total. The molecule has 1 unspecified atom stereocenters. The lowest BCUT2D eigenvalue weighted by molar-refractivity contribution is -0.128. The fourth-order valence-electron chi connectivity index (χ4n) is 3.60. The number of benzene rings is 2. The quantitative estimate of drug-likeness (QED) is 0.776. The van der Waals surface area contributed by atoms with Crippen molar-refractivity contribution in [1.82, 2.24) is 10.2 Å². The van der Waals surface area contributed by atoms with Gasteiger partial charge in [0.2, 0.25) is 0 Å². The molecule has 0 spiro atoms. The highest BCUT2D eigenvalue weighted by Gasteiger charge is 2.23. The molecule has 2 aromatic rings. The van der Waals surface area contributed by atoms with Crippen molar-refractivity contribution < 1.29 is 9.53 Å². The number of hydrogen-bond acceptors (Lipinski definition) is 3. The molecule has 2 aromatic carbocycles. The first-order chi connectivity index (χ1) is 13.5. The topological polar surface area (TPSA) is 41.6 Å². The maximum absolute atomic E-state index is 12.6. The Morgan fingerprint density at radius 3 is 2.46 bits per heavy atom. The van der Waals surface area contributed by atoms with Crippen LogP contribution in [-0.2, 0) is 11.3 Å². The summed E-state index contributed by atoms with van der Waals surface area (Å²) in [6.45, 7) is 9.12. The number of nitrogens with zero attached hydrogens (tertiary/aromatic N) is 1. The number of nitrogens with one attached hydrogen (secondary N) is 1. The second kappa shape index (κ2) is 9.74. The minimum absolute atomic E-state index is 0.0311. The Morgan fingerprint density at radius 1 is 1.07 bits per heavy atom. The molecule has 0 aromatic heterocycles. The zero-order valence-corrected chi connectivity index (χ0v) is 17.2. The lowest BCUT2D eigenvalue weighted by Crippen LogP contribution is -2.47. The Hall–Kier alpha value is -2.33. The minimum Gasteiger partial charge on any atom is -0.481 e. The van der Waals surface area contributed by atoms with E-state index >= 15 is 0 Å². The number of hydrogen-bond donors (Lipinski definition) is 1. The summed E-state index contributed by atoms with van der Waals surface area (Å²) in [6, 6.07) is 18.8. The normalized spacial score (nSPS) is 16.7. The summed E-state index contributed by atoms with van der Waals surface area (Å²) in [5.41, 5.74) is 2.56.